The molecule has 0 N–H and O–H groups in total. The van der Waals surface area contributed by atoms with Crippen LogP contribution in [0.15, 0.2) is 24.3 Å². The molecule has 1 aromatic carbocycles. The highest BCUT2D eigenvalue weighted by Crippen LogP contribution is 2.33. The van der Waals surface area contributed by atoms with E-state index in [4.69, 9.17) is 14.7 Å². The number of nitriles is 1. The molecule has 0 aromatic heterocycles. The van der Waals surface area contributed by atoms with Crippen molar-refractivity contribution >= 4 is 12.0 Å². The molecule has 1 fully saturated rings. The summed E-state index contributed by atoms with van der Waals surface area (Å²) in [6, 6.07) is 6.73. The first-order valence-electron chi connectivity index (χ1n) is 8.06. The van der Waals surface area contributed by atoms with E-state index in [0.29, 0.717) is 30.0 Å². The Morgan fingerprint density at radius 3 is 2.85 bits per heavy atom. The molecule has 26 heavy (non-hydrogen) atoms. The molecule has 0 bridgehead atoms. The Morgan fingerprint density at radius 1 is 1.42 bits per heavy atom. The van der Waals surface area contributed by atoms with Crippen molar-refractivity contribution in [3.8, 4) is 17.6 Å². The molecule has 1 saturated heterocycles. The zero-order valence-electron chi connectivity index (χ0n) is 14.3. The Morgan fingerprint density at radius 2 is 2.19 bits per heavy atom. The van der Waals surface area contributed by atoms with Gasteiger partial charge in [0.1, 0.15) is 6.07 Å². The number of likely N-dealkylation sites (tertiary alicyclic amines) is 1. The number of carbonyl (C=O) groups is 1. The number of benzene rings is 1. The minimum atomic E-state index is -4.28. The van der Waals surface area contributed by atoms with Gasteiger partial charge in [-0.05, 0) is 36.6 Å². The van der Waals surface area contributed by atoms with Crippen LogP contribution in [0.5, 0.6) is 11.5 Å². The number of carbonyl (C=O) groups excluding carboxylic acids is 1. The fourth-order valence-electron chi connectivity index (χ4n) is 2.73. The fraction of sp³-hybridized carbons (Fsp3) is 0.444. The molecule has 1 unspecified atom stereocenters. The number of ether oxygens (including phenoxy) is 2. The van der Waals surface area contributed by atoms with E-state index in [1.807, 2.05) is 6.07 Å². The maximum absolute atomic E-state index is 12.8. The van der Waals surface area contributed by atoms with Crippen LogP contribution < -0.4 is 9.47 Å². The Balaban J connectivity index is 2.04. The van der Waals surface area contributed by atoms with Gasteiger partial charge in [-0.1, -0.05) is 6.07 Å². The minimum absolute atomic E-state index is 0.0539. The second kappa shape index (κ2) is 8.61. The molecule has 1 heterocycles. The van der Waals surface area contributed by atoms with Crippen LogP contribution in [-0.4, -0.2) is 43.8 Å². The second-order valence-electron chi connectivity index (χ2n) is 5.86. The van der Waals surface area contributed by atoms with Crippen LogP contribution in [0.3, 0.4) is 0 Å². The Labute approximate surface area is 149 Å². The van der Waals surface area contributed by atoms with Crippen molar-refractivity contribution in [3.05, 3.63) is 29.8 Å². The van der Waals surface area contributed by atoms with Crippen LogP contribution in [0.2, 0.25) is 0 Å². The normalized spacial score (nSPS) is 17.8. The lowest BCUT2D eigenvalue weighted by Gasteiger charge is -2.33. The van der Waals surface area contributed by atoms with Crippen molar-refractivity contribution in [3.63, 3.8) is 0 Å². The van der Waals surface area contributed by atoms with Crippen molar-refractivity contribution in [2.75, 3.05) is 26.8 Å². The zero-order chi connectivity index (χ0) is 19.2. The summed E-state index contributed by atoms with van der Waals surface area (Å²) in [5, 5.41) is 8.54. The summed E-state index contributed by atoms with van der Waals surface area (Å²) < 4.78 is 48.9. The van der Waals surface area contributed by atoms with Crippen LogP contribution in [0.4, 0.5) is 13.2 Å². The van der Waals surface area contributed by atoms with Crippen molar-refractivity contribution in [1.29, 1.82) is 5.26 Å². The van der Waals surface area contributed by atoms with Gasteiger partial charge in [0.15, 0.2) is 18.1 Å². The van der Waals surface area contributed by atoms with Crippen LogP contribution in [-0.2, 0) is 4.79 Å². The number of halogens is 3. The second-order valence-corrected chi connectivity index (χ2v) is 5.86. The number of methoxy groups -OCH3 is 1. The summed E-state index contributed by atoms with van der Waals surface area (Å²) in [5.74, 6) is -1.14. The van der Waals surface area contributed by atoms with Gasteiger partial charge in [0, 0.05) is 19.2 Å². The summed E-state index contributed by atoms with van der Waals surface area (Å²) >= 11 is 0. The molecule has 1 aliphatic rings. The number of nitrogens with zero attached hydrogens (tertiary/aromatic N) is 2. The molecule has 0 spiro atoms. The molecule has 0 saturated carbocycles. The number of hydrogen-bond donors (Lipinski definition) is 0. The summed E-state index contributed by atoms with van der Waals surface area (Å²) in [6.45, 7) is -0.115. The molecule has 5 nitrogen and oxygen atoms in total. The van der Waals surface area contributed by atoms with Gasteiger partial charge in [-0.3, -0.25) is 4.79 Å². The molecule has 0 radical (unpaired) electrons. The first-order chi connectivity index (χ1) is 12.3. The monoisotopic (exact) mass is 368 g/mol. The molecule has 140 valence electrons. The Kier molecular flexibility index (Phi) is 6.50. The average Bonchev–Trinajstić information content (AvgIpc) is 2.64. The van der Waals surface area contributed by atoms with Crippen LogP contribution in [0.25, 0.3) is 6.08 Å². The van der Waals surface area contributed by atoms with Gasteiger partial charge in [0.25, 0.3) is 0 Å². The van der Waals surface area contributed by atoms with Crippen LogP contribution >= 0.6 is 0 Å². The van der Waals surface area contributed by atoms with Gasteiger partial charge in [-0.15, -0.1) is 0 Å². The lowest BCUT2D eigenvalue weighted by molar-refractivity contribution is -0.187. The third-order valence-electron chi connectivity index (χ3n) is 4.09. The van der Waals surface area contributed by atoms with Crippen molar-refractivity contribution in [1.82, 2.24) is 4.90 Å². The minimum Gasteiger partial charge on any atom is -0.493 e. The summed E-state index contributed by atoms with van der Waals surface area (Å²) in [5.41, 5.74) is 0.629. The molecule has 8 heteroatoms. The third-order valence-corrected chi connectivity index (χ3v) is 4.09. The topological polar surface area (TPSA) is 62.6 Å². The highest BCUT2D eigenvalue weighted by atomic mass is 19.4. The predicted molar refractivity (Wildman–Crippen MR) is 88.5 cm³/mol. The SMILES string of the molecule is COc1cc(/C=C/C(=O)N2CCCC(C(F)(F)F)C2)ccc1OCC#N. The molecular formula is C18H19F3N2O3. The van der Waals surface area contributed by atoms with Crippen LogP contribution in [0.1, 0.15) is 18.4 Å². The molecule has 1 amide bonds. The van der Waals surface area contributed by atoms with E-state index in [1.165, 1.54) is 24.2 Å². The largest absolute Gasteiger partial charge is 0.493 e. The van der Waals surface area contributed by atoms with Gasteiger partial charge < -0.3 is 14.4 Å². The van der Waals surface area contributed by atoms with E-state index < -0.39 is 18.0 Å². The van der Waals surface area contributed by atoms with Crippen molar-refractivity contribution < 1.29 is 27.4 Å². The summed E-state index contributed by atoms with van der Waals surface area (Å²) in [4.78, 5) is 13.4. The first kappa shape index (κ1) is 19.6. The zero-order valence-corrected chi connectivity index (χ0v) is 14.3. The number of hydrogen-bond acceptors (Lipinski definition) is 4. The van der Waals surface area contributed by atoms with E-state index in [2.05, 4.69) is 0 Å². The van der Waals surface area contributed by atoms with E-state index in [-0.39, 0.29) is 19.6 Å². The first-order valence-corrected chi connectivity index (χ1v) is 8.06. The van der Waals surface area contributed by atoms with E-state index in [0.717, 1.165) is 0 Å². The standard InChI is InChI=1S/C18H19F3N2O3/c1-25-16-11-13(4-6-15(16)26-10-8-22)5-7-17(24)23-9-2-3-14(12-23)18(19,20)21/h4-7,11,14H,2-3,9-10,12H2,1H3/b7-5+. The Bertz CT molecular complexity index is 711. The summed E-state index contributed by atoms with van der Waals surface area (Å²) in [6.07, 6.45) is -1.13. The van der Waals surface area contributed by atoms with E-state index in [9.17, 15) is 18.0 Å². The molecule has 0 aliphatic carbocycles. The Hall–Kier alpha value is -2.69. The van der Waals surface area contributed by atoms with Crippen molar-refractivity contribution in [2.24, 2.45) is 5.92 Å². The molecule has 2 rings (SSSR count). The quantitative estimate of drug-likeness (QED) is 0.747. The van der Waals surface area contributed by atoms with Crippen molar-refractivity contribution in [2.45, 2.75) is 19.0 Å². The highest BCUT2D eigenvalue weighted by molar-refractivity contribution is 5.92. The van der Waals surface area contributed by atoms with Gasteiger partial charge in [0.05, 0.1) is 13.0 Å². The lowest BCUT2D eigenvalue weighted by Crippen LogP contribution is -2.44. The maximum atomic E-state index is 12.8. The number of amides is 1. The molecular weight excluding hydrogens is 349 g/mol. The van der Waals surface area contributed by atoms with Gasteiger partial charge in [0.2, 0.25) is 5.91 Å². The molecule has 1 aliphatic heterocycles. The van der Waals surface area contributed by atoms with E-state index >= 15 is 0 Å². The summed E-state index contributed by atoms with van der Waals surface area (Å²) in [7, 11) is 1.44. The smallest absolute Gasteiger partial charge is 0.393 e. The van der Waals surface area contributed by atoms with E-state index in [1.54, 1.807) is 18.2 Å². The molecule has 1 atom stereocenters. The number of piperidine rings is 1. The fourth-order valence-corrected chi connectivity index (χ4v) is 2.73. The third kappa shape index (κ3) is 5.15. The molecule has 1 aromatic rings. The number of rotatable bonds is 5. The average molecular weight is 368 g/mol. The lowest BCUT2D eigenvalue weighted by atomic mass is 9.97. The maximum Gasteiger partial charge on any atom is 0.393 e. The van der Waals surface area contributed by atoms with Gasteiger partial charge in [-0.2, -0.15) is 18.4 Å². The van der Waals surface area contributed by atoms with Crippen LogP contribution in [0, 0.1) is 17.2 Å². The highest BCUT2D eigenvalue weighted by Gasteiger charge is 2.42. The van der Waals surface area contributed by atoms with Gasteiger partial charge >= 0.3 is 6.18 Å². The number of alkyl halides is 3. The van der Waals surface area contributed by atoms with Gasteiger partial charge in [-0.25, -0.2) is 0 Å². The predicted octanol–water partition coefficient (Wildman–Crippen LogP) is 3.41.